The average molecular weight is 390 g/mol. The maximum absolute atomic E-state index is 5.44. The molecule has 4 aromatic carbocycles. The van der Waals surface area contributed by atoms with E-state index >= 15 is 0 Å². The zero-order chi connectivity index (χ0) is 18.9. The number of hydrogen-bond donors (Lipinski definition) is 0. The van der Waals surface area contributed by atoms with Crippen LogP contribution in [-0.2, 0) is 0 Å². The summed E-state index contributed by atoms with van der Waals surface area (Å²) in [7, 11) is 0. The molecule has 0 aliphatic heterocycles. The number of para-hydroxylation sites is 1. The van der Waals surface area contributed by atoms with Crippen LogP contribution in [0.25, 0.3) is 58.8 Å². The van der Waals surface area contributed by atoms with Gasteiger partial charge in [0.1, 0.15) is 5.52 Å². The highest BCUT2D eigenvalue weighted by molar-refractivity contribution is 7.25. The second kappa shape index (κ2) is 5.46. The van der Waals surface area contributed by atoms with E-state index in [4.69, 9.17) is 4.42 Å². The molecule has 136 valence electrons. The van der Waals surface area contributed by atoms with E-state index in [0.717, 1.165) is 16.8 Å². The summed E-state index contributed by atoms with van der Waals surface area (Å²) in [6, 6.07) is 28.2. The smallest absolute Gasteiger partial charge is 0.181 e. The Kier molecular flexibility index (Phi) is 2.88. The number of fused-ring (bicyclic) bond motifs is 7. The van der Waals surface area contributed by atoms with Gasteiger partial charge in [0.15, 0.2) is 12.0 Å². The van der Waals surface area contributed by atoms with Gasteiger partial charge in [-0.3, -0.25) is 0 Å². The lowest BCUT2D eigenvalue weighted by Crippen LogP contribution is -1.93. The van der Waals surface area contributed by atoms with Crippen molar-refractivity contribution in [2.75, 3.05) is 0 Å². The van der Waals surface area contributed by atoms with E-state index in [-0.39, 0.29) is 0 Å². The van der Waals surface area contributed by atoms with Gasteiger partial charge in [0, 0.05) is 36.6 Å². The fraction of sp³-hybridized carbons (Fsp3) is 0. The van der Waals surface area contributed by atoms with Gasteiger partial charge in [0.2, 0.25) is 0 Å². The number of hydrogen-bond acceptors (Lipinski definition) is 3. The standard InChI is InChI=1S/C25H14N2OS/c1-3-7-21-16(5-1)18-13-25-19(17-6-2-4-8-24(17)29-25)12-22(18)27(21)15-9-10-23-20(11-15)26-14-28-23/h1-14H. The van der Waals surface area contributed by atoms with E-state index in [2.05, 4.69) is 82.3 Å². The van der Waals surface area contributed by atoms with Crippen molar-refractivity contribution >= 4 is 64.4 Å². The summed E-state index contributed by atoms with van der Waals surface area (Å²) in [6.07, 6.45) is 1.50. The van der Waals surface area contributed by atoms with Gasteiger partial charge in [-0.05, 0) is 42.5 Å². The van der Waals surface area contributed by atoms with Crippen molar-refractivity contribution in [2.24, 2.45) is 0 Å². The third-order valence-corrected chi connectivity index (χ3v) is 6.88. The van der Waals surface area contributed by atoms with Gasteiger partial charge in [0.25, 0.3) is 0 Å². The van der Waals surface area contributed by atoms with Gasteiger partial charge in [0.05, 0.1) is 11.0 Å². The van der Waals surface area contributed by atoms with Gasteiger partial charge in [-0.15, -0.1) is 11.3 Å². The van der Waals surface area contributed by atoms with Crippen LogP contribution in [0, 0.1) is 0 Å². The number of nitrogens with zero attached hydrogens (tertiary/aromatic N) is 2. The lowest BCUT2D eigenvalue weighted by Gasteiger charge is -2.07. The number of aromatic nitrogens is 2. The summed E-state index contributed by atoms with van der Waals surface area (Å²) in [5.41, 5.74) is 5.19. The third-order valence-electron chi connectivity index (χ3n) is 5.74. The normalized spacial score (nSPS) is 12.1. The third kappa shape index (κ3) is 2.04. The van der Waals surface area contributed by atoms with Crippen LogP contribution >= 0.6 is 11.3 Å². The Hall–Kier alpha value is -3.63. The van der Waals surface area contributed by atoms with Crippen LogP contribution in [0.5, 0.6) is 0 Å². The van der Waals surface area contributed by atoms with Crippen molar-refractivity contribution in [1.82, 2.24) is 9.55 Å². The van der Waals surface area contributed by atoms with Crippen LogP contribution in [0.4, 0.5) is 0 Å². The van der Waals surface area contributed by atoms with Crippen molar-refractivity contribution in [2.45, 2.75) is 0 Å². The minimum Gasteiger partial charge on any atom is -0.443 e. The van der Waals surface area contributed by atoms with Gasteiger partial charge in [-0.25, -0.2) is 4.98 Å². The Labute approximate surface area is 169 Å². The van der Waals surface area contributed by atoms with Gasteiger partial charge in [-0.2, -0.15) is 0 Å². The van der Waals surface area contributed by atoms with Crippen LogP contribution in [0.2, 0.25) is 0 Å². The Morgan fingerprint density at radius 2 is 1.55 bits per heavy atom. The molecule has 3 nitrogen and oxygen atoms in total. The van der Waals surface area contributed by atoms with Gasteiger partial charge < -0.3 is 8.98 Å². The molecule has 4 heteroatoms. The molecule has 0 saturated carbocycles. The summed E-state index contributed by atoms with van der Waals surface area (Å²) in [5, 5.41) is 5.17. The van der Waals surface area contributed by atoms with E-state index in [1.165, 1.54) is 48.4 Å². The molecule has 29 heavy (non-hydrogen) atoms. The molecule has 0 aliphatic rings. The lowest BCUT2D eigenvalue weighted by atomic mass is 10.1. The second-order valence-corrected chi connectivity index (χ2v) is 8.40. The van der Waals surface area contributed by atoms with Gasteiger partial charge >= 0.3 is 0 Å². The molecule has 0 saturated heterocycles. The van der Waals surface area contributed by atoms with Crippen molar-refractivity contribution < 1.29 is 4.42 Å². The molecule has 7 rings (SSSR count). The molecule has 7 aromatic rings. The Bertz CT molecular complexity index is 1720. The molecule has 0 fully saturated rings. The molecule has 0 radical (unpaired) electrons. The SMILES string of the molecule is c1ccc2c(c1)sc1cc3c4ccccc4n(-c4ccc5ocnc5c4)c3cc12. The lowest BCUT2D eigenvalue weighted by molar-refractivity contribution is 0.602. The van der Waals surface area contributed by atoms with Crippen molar-refractivity contribution in [1.29, 1.82) is 0 Å². The Morgan fingerprint density at radius 3 is 2.52 bits per heavy atom. The molecule has 3 heterocycles. The topological polar surface area (TPSA) is 31.0 Å². The fourth-order valence-corrected chi connectivity index (χ4v) is 5.58. The highest BCUT2D eigenvalue weighted by Gasteiger charge is 2.15. The molecular formula is C25H14N2OS. The molecular weight excluding hydrogens is 376 g/mol. The van der Waals surface area contributed by atoms with E-state index < -0.39 is 0 Å². The molecule has 0 amide bonds. The first-order valence-electron chi connectivity index (χ1n) is 9.55. The monoisotopic (exact) mass is 390 g/mol. The van der Waals surface area contributed by atoms with Crippen LogP contribution < -0.4 is 0 Å². The first-order chi connectivity index (χ1) is 14.4. The first kappa shape index (κ1) is 15.3. The zero-order valence-electron chi connectivity index (χ0n) is 15.3. The maximum Gasteiger partial charge on any atom is 0.181 e. The quantitative estimate of drug-likeness (QED) is 0.295. The zero-order valence-corrected chi connectivity index (χ0v) is 16.1. The van der Waals surface area contributed by atoms with Crippen LogP contribution in [0.15, 0.2) is 89.7 Å². The first-order valence-corrected chi connectivity index (χ1v) is 10.4. The molecule has 0 N–H and O–H groups in total. The molecule has 0 aliphatic carbocycles. The van der Waals surface area contributed by atoms with E-state index in [1.807, 2.05) is 17.4 Å². The molecule has 3 aromatic heterocycles. The fourth-order valence-electron chi connectivity index (χ4n) is 4.45. The Balaban J connectivity index is 1.68. The molecule has 0 unspecified atom stereocenters. The number of benzene rings is 4. The summed E-state index contributed by atoms with van der Waals surface area (Å²) < 4.78 is 10.4. The van der Waals surface area contributed by atoms with Gasteiger partial charge in [-0.1, -0.05) is 36.4 Å². The van der Waals surface area contributed by atoms with Crippen molar-refractivity contribution in [3.8, 4) is 5.69 Å². The Morgan fingerprint density at radius 1 is 0.690 bits per heavy atom. The number of oxazole rings is 1. The van der Waals surface area contributed by atoms with E-state index in [9.17, 15) is 0 Å². The number of rotatable bonds is 1. The summed E-state index contributed by atoms with van der Waals surface area (Å²) in [5.74, 6) is 0. The van der Waals surface area contributed by atoms with Crippen LogP contribution in [-0.4, -0.2) is 9.55 Å². The highest BCUT2D eigenvalue weighted by atomic mass is 32.1. The second-order valence-electron chi connectivity index (χ2n) is 7.32. The predicted octanol–water partition coefficient (Wildman–Crippen LogP) is 7.29. The minimum absolute atomic E-state index is 0.806. The van der Waals surface area contributed by atoms with Crippen LogP contribution in [0.1, 0.15) is 0 Å². The molecule has 0 spiro atoms. The highest BCUT2D eigenvalue weighted by Crippen LogP contribution is 2.40. The van der Waals surface area contributed by atoms with Crippen molar-refractivity contribution in [3.05, 3.63) is 85.3 Å². The largest absolute Gasteiger partial charge is 0.443 e. The summed E-state index contributed by atoms with van der Waals surface area (Å²) in [4.78, 5) is 4.35. The summed E-state index contributed by atoms with van der Waals surface area (Å²) in [6.45, 7) is 0. The van der Waals surface area contributed by atoms with Crippen molar-refractivity contribution in [3.63, 3.8) is 0 Å². The minimum atomic E-state index is 0.806. The maximum atomic E-state index is 5.44. The number of thiophene rings is 1. The average Bonchev–Trinajstić information content (AvgIpc) is 3.45. The summed E-state index contributed by atoms with van der Waals surface area (Å²) >= 11 is 1.86. The van der Waals surface area contributed by atoms with Crippen LogP contribution in [0.3, 0.4) is 0 Å². The molecule has 0 atom stereocenters. The molecule has 0 bridgehead atoms. The predicted molar refractivity (Wildman–Crippen MR) is 121 cm³/mol. The van der Waals surface area contributed by atoms with E-state index in [0.29, 0.717) is 0 Å². The van der Waals surface area contributed by atoms with E-state index in [1.54, 1.807) is 0 Å².